The van der Waals surface area contributed by atoms with Crippen molar-refractivity contribution in [3.63, 3.8) is 0 Å². The van der Waals surface area contributed by atoms with E-state index in [9.17, 15) is 5.26 Å². The lowest BCUT2D eigenvalue weighted by Gasteiger charge is -2.35. The van der Waals surface area contributed by atoms with Crippen LogP contribution in [-0.4, -0.2) is 37.3 Å². The van der Waals surface area contributed by atoms with Crippen molar-refractivity contribution in [2.24, 2.45) is 0 Å². The van der Waals surface area contributed by atoms with Crippen LogP contribution in [0.4, 0.5) is 11.5 Å². The topological polar surface area (TPSA) is 70.4 Å². The van der Waals surface area contributed by atoms with Gasteiger partial charge in [0.2, 0.25) is 0 Å². The third-order valence-corrected chi connectivity index (χ3v) is 5.07. The van der Waals surface area contributed by atoms with Crippen molar-refractivity contribution >= 4 is 11.5 Å². The van der Waals surface area contributed by atoms with Crippen molar-refractivity contribution in [3.05, 3.63) is 41.1 Å². The van der Waals surface area contributed by atoms with E-state index in [1.807, 2.05) is 38.1 Å². The first-order valence-electron chi connectivity index (χ1n) is 9.43. The fourth-order valence-electron chi connectivity index (χ4n) is 3.84. The van der Waals surface area contributed by atoms with Gasteiger partial charge in [-0.3, -0.25) is 0 Å². The minimum Gasteiger partial charge on any atom is -0.486 e. The molecule has 0 radical (unpaired) electrons. The maximum Gasteiger partial charge on any atom is 0.163 e. The van der Waals surface area contributed by atoms with E-state index in [0.717, 1.165) is 60.2 Å². The lowest BCUT2D eigenvalue weighted by molar-refractivity contribution is 0.171. The predicted molar refractivity (Wildman–Crippen MR) is 105 cm³/mol. The van der Waals surface area contributed by atoms with Crippen molar-refractivity contribution in [1.29, 1.82) is 5.26 Å². The van der Waals surface area contributed by atoms with Crippen LogP contribution in [0.25, 0.3) is 0 Å². The zero-order valence-corrected chi connectivity index (χ0v) is 15.8. The van der Waals surface area contributed by atoms with Crippen LogP contribution in [-0.2, 0) is 0 Å². The number of aromatic nitrogens is 1. The molecule has 27 heavy (non-hydrogen) atoms. The number of pyridine rings is 1. The molecule has 140 valence electrons. The largest absolute Gasteiger partial charge is 0.486 e. The molecule has 1 fully saturated rings. The molecule has 2 aliphatic heterocycles. The summed E-state index contributed by atoms with van der Waals surface area (Å²) in [7, 11) is 0. The normalized spacial score (nSPS) is 18.7. The molecule has 0 amide bonds. The van der Waals surface area contributed by atoms with Crippen LogP contribution in [0.15, 0.2) is 24.3 Å². The Balaban J connectivity index is 1.52. The Hall–Kier alpha value is -2.94. The maximum atomic E-state index is 9.58. The monoisotopic (exact) mass is 364 g/mol. The average molecular weight is 364 g/mol. The minimum absolute atomic E-state index is 0.287. The van der Waals surface area contributed by atoms with Crippen molar-refractivity contribution < 1.29 is 9.47 Å². The Kier molecular flexibility index (Phi) is 4.76. The first kappa shape index (κ1) is 17.5. The highest BCUT2D eigenvalue weighted by Gasteiger charge is 2.24. The van der Waals surface area contributed by atoms with Gasteiger partial charge >= 0.3 is 0 Å². The number of aryl methyl sites for hydroxylation is 2. The van der Waals surface area contributed by atoms with Gasteiger partial charge in [0.15, 0.2) is 11.5 Å². The summed E-state index contributed by atoms with van der Waals surface area (Å²) in [6.07, 6.45) is 2.14. The average Bonchev–Trinajstić information content (AvgIpc) is 2.67. The molecule has 6 nitrogen and oxygen atoms in total. The Morgan fingerprint density at radius 2 is 2.00 bits per heavy atom. The number of hydrogen-bond acceptors (Lipinski definition) is 6. The quantitative estimate of drug-likeness (QED) is 0.900. The summed E-state index contributed by atoms with van der Waals surface area (Å²) >= 11 is 0. The van der Waals surface area contributed by atoms with Gasteiger partial charge in [-0.15, -0.1) is 0 Å². The summed E-state index contributed by atoms with van der Waals surface area (Å²) in [5, 5.41) is 13.2. The number of hydrogen-bond donors (Lipinski definition) is 1. The van der Waals surface area contributed by atoms with E-state index in [4.69, 9.17) is 9.47 Å². The molecular weight excluding hydrogens is 340 g/mol. The summed E-state index contributed by atoms with van der Waals surface area (Å²) in [5.41, 5.74) is 3.64. The molecule has 2 aliphatic rings. The zero-order chi connectivity index (χ0) is 18.8. The molecule has 6 heteroatoms. The summed E-state index contributed by atoms with van der Waals surface area (Å²) in [6.45, 7) is 6.88. The molecule has 0 spiro atoms. The van der Waals surface area contributed by atoms with Gasteiger partial charge < -0.3 is 19.7 Å². The number of nitrogens with one attached hydrogen (secondary N) is 1. The Morgan fingerprint density at radius 1 is 1.19 bits per heavy atom. The maximum absolute atomic E-state index is 9.58. The van der Waals surface area contributed by atoms with Gasteiger partial charge in [0, 0.05) is 36.6 Å². The van der Waals surface area contributed by atoms with E-state index in [1.165, 1.54) is 0 Å². The van der Waals surface area contributed by atoms with E-state index < -0.39 is 0 Å². The van der Waals surface area contributed by atoms with Crippen LogP contribution < -0.4 is 19.7 Å². The molecule has 1 aromatic heterocycles. The van der Waals surface area contributed by atoms with Gasteiger partial charge in [0.1, 0.15) is 25.1 Å². The Morgan fingerprint density at radius 3 is 2.81 bits per heavy atom. The highest BCUT2D eigenvalue weighted by molar-refractivity contribution is 5.59. The third kappa shape index (κ3) is 3.63. The highest BCUT2D eigenvalue weighted by Crippen LogP contribution is 2.33. The fourth-order valence-corrected chi connectivity index (χ4v) is 3.84. The molecule has 1 N–H and O–H groups in total. The van der Waals surface area contributed by atoms with Gasteiger partial charge in [-0.2, -0.15) is 5.26 Å². The molecule has 0 saturated carbocycles. The number of rotatable bonds is 3. The molecule has 1 unspecified atom stereocenters. The van der Waals surface area contributed by atoms with Crippen molar-refractivity contribution in [3.8, 4) is 17.6 Å². The first-order valence-corrected chi connectivity index (χ1v) is 9.43. The lowest BCUT2D eigenvalue weighted by atomic mass is 10.0. The van der Waals surface area contributed by atoms with Crippen molar-refractivity contribution in [1.82, 2.24) is 4.98 Å². The van der Waals surface area contributed by atoms with Crippen molar-refractivity contribution in [2.75, 3.05) is 36.5 Å². The van der Waals surface area contributed by atoms with Gasteiger partial charge in [0.05, 0.1) is 5.56 Å². The van der Waals surface area contributed by atoms with E-state index in [1.54, 1.807) is 0 Å². The molecular formula is C21H24N4O2. The summed E-state index contributed by atoms with van der Waals surface area (Å²) in [4.78, 5) is 6.90. The molecule has 4 rings (SSSR count). The molecule has 2 aromatic rings. The second-order valence-corrected chi connectivity index (χ2v) is 7.18. The molecule has 3 heterocycles. The second-order valence-electron chi connectivity index (χ2n) is 7.18. The molecule has 1 saturated heterocycles. The van der Waals surface area contributed by atoms with Crippen molar-refractivity contribution in [2.45, 2.75) is 32.7 Å². The summed E-state index contributed by atoms with van der Waals surface area (Å²) < 4.78 is 11.3. The Labute approximate surface area is 159 Å². The molecule has 0 bridgehead atoms. The Bertz CT molecular complexity index is 890. The molecule has 0 aliphatic carbocycles. The SMILES string of the molecule is Cc1cc(C)c(C#N)c(N2CCCC(Nc3ccc4c(c3)OCCO4)C2)n1. The van der Waals surface area contributed by atoms with Gasteiger partial charge in [-0.05, 0) is 50.5 Å². The number of fused-ring (bicyclic) bond motifs is 1. The first-order chi connectivity index (χ1) is 13.1. The van der Waals surface area contributed by atoms with Gasteiger partial charge in [0.25, 0.3) is 0 Å². The standard InChI is InChI=1S/C21H24N4O2/c1-14-10-15(2)23-21(18(14)12-22)25-7-3-4-17(13-25)24-16-5-6-19-20(11-16)27-9-8-26-19/h5-6,10-11,17,24H,3-4,7-9,13H2,1-2H3. The number of nitrogens with zero attached hydrogens (tertiary/aromatic N) is 3. The number of benzene rings is 1. The second kappa shape index (κ2) is 7.36. The summed E-state index contributed by atoms with van der Waals surface area (Å²) in [5.74, 6) is 2.40. The number of anilines is 2. The van der Waals surface area contributed by atoms with Crippen LogP contribution in [0.1, 0.15) is 29.7 Å². The predicted octanol–water partition coefficient (Wildman–Crippen LogP) is 3.42. The van der Waals surface area contributed by atoms with Crippen LogP contribution in [0.2, 0.25) is 0 Å². The number of ether oxygens (including phenoxy) is 2. The van der Waals surface area contributed by atoms with E-state index in [0.29, 0.717) is 18.8 Å². The van der Waals surface area contributed by atoms with Gasteiger partial charge in [-0.25, -0.2) is 4.98 Å². The van der Waals surface area contributed by atoms with E-state index in [-0.39, 0.29) is 6.04 Å². The molecule has 1 aromatic carbocycles. The van der Waals surface area contributed by atoms with Crippen LogP contribution >= 0.6 is 0 Å². The lowest BCUT2D eigenvalue weighted by Crippen LogP contribution is -2.43. The van der Waals surface area contributed by atoms with E-state index in [2.05, 4.69) is 21.3 Å². The van der Waals surface area contributed by atoms with Crippen LogP contribution in [0.3, 0.4) is 0 Å². The van der Waals surface area contributed by atoms with Crippen LogP contribution in [0, 0.1) is 25.2 Å². The highest BCUT2D eigenvalue weighted by atomic mass is 16.6. The number of nitriles is 1. The number of piperidine rings is 1. The third-order valence-electron chi connectivity index (χ3n) is 5.07. The summed E-state index contributed by atoms with van der Waals surface area (Å²) in [6, 6.07) is 10.6. The fraction of sp³-hybridized carbons (Fsp3) is 0.429. The minimum atomic E-state index is 0.287. The molecule has 1 atom stereocenters. The zero-order valence-electron chi connectivity index (χ0n) is 15.8. The van der Waals surface area contributed by atoms with Gasteiger partial charge in [-0.1, -0.05) is 0 Å². The smallest absolute Gasteiger partial charge is 0.163 e. The van der Waals surface area contributed by atoms with Crippen LogP contribution in [0.5, 0.6) is 11.5 Å². The van der Waals surface area contributed by atoms with E-state index >= 15 is 0 Å².